The lowest BCUT2D eigenvalue weighted by molar-refractivity contribution is 0.468. The normalized spacial score (nSPS) is 18.1. The Morgan fingerprint density at radius 1 is 1.29 bits per heavy atom. The standard InChI is InChI=1S/C19H25N3OS/c1-2-20-19(21-13-17-7-6-12-23-17)22-11-10-16(14-22)15-24-18-8-4-3-5-9-18/h3-9,12,16H,2,10-11,13-15H2,1H3,(H,20,21). The second-order valence-corrected chi connectivity index (χ2v) is 7.07. The molecule has 0 aliphatic carbocycles. The lowest BCUT2D eigenvalue weighted by atomic mass is 10.2. The number of hydrogen-bond donors (Lipinski definition) is 1. The van der Waals surface area contributed by atoms with E-state index in [0.717, 1.165) is 37.1 Å². The van der Waals surface area contributed by atoms with Gasteiger partial charge in [0.05, 0.1) is 6.26 Å². The number of rotatable bonds is 6. The third-order valence-electron chi connectivity index (χ3n) is 4.11. The predicted octanol–water partition coefficient (Wildman–Crippen LogP) is 3.86. The van der Waals surface area contributed by atoms with E-state index in [1.165, 1.54) is 11.3 Å². The van der Waals surface area contributed by atoms with Gasteiger partial charge in [0.15, 0.2) is 5.96 Å². The van der Waals surface area contributed by atoms with E-state index in [9.17, 15) is 0 Å². The molecule has 1 atom stereocenters. The minimum atomic E-state index is 0.593. The zero-order valence-corrected chi connectivity index (χ0v) is 15.0. The SMILES string of the molecule is CCNC(=NCc1ccco1)N1CCC(CSc2ccccc2)C1. The van der Waals surface area contributed by atoms with Gasteiger partial charge in [-0.25, -0.2) is 4.99 Å². The third kappa shape index (κ3) is 4.81. The maximum absolute atomic E-state index is 5.38. The number of thioether (sulfide) groups is 1. The second-order valence-electron chi connectivity index (χ2n) is 5.97. The summed E-state index contributed by atoms with van der Waals surface area (Å²) in [6, 6.07) is 14.5. The molecule has 0 amide bonds. The minimum absolute atomic E-state index is 0.593. The summed E-state index contributed by atoms with van der Waals surface area (Å²) in [7, 11) is 0. The van der Waals surface area contributed by atoms with Gasteiger partial charge in [-0.2, -0.15) is 0 Å². The Bertz CT molecular complexity index is 627. The Morgan fingerprint density at radius 2 is 2.17 bits per heavy atom. The van der Waals surface area contributed by atoms with E-state index in [-0.39, 0.29) is 0 Å². The quantitative estimate of drug-likeness (QED) is 0.491. The van der Waals surface area contributed by atoms with Gasteiger partial charge >= 0.3 is 0 Å². The zero-order chi connectivity index (χ0) is 16.6. The van der Waals surface area contributed by atoms with E-state index in [1.807, 2.05) is 23.9 Å². The van der Waals surface area contributed by atoms with Gasteiger partial charge in [0.2, 0.25) is 0 Å². The number of hydrogen-bond acceptors (Lipinski definition) is 3. The highest BCUT2D eigenvalue weighted by Gasteiger charge is 2.24. The van der Waals surface area contributed by atoms with Gasteiger partial charge in [-0.1, -0.05) is 18.2 Å². The summed E-state index contributed by atoms with van der Waals surface area (Å²) in [6.45, 7) is 5.74. The van der Waals surface area contributed by atoms with E-state index in [0.29, 0.717) is 12.5 Å². The number of aliphatic imine (C=N–C) groups is 1. The monoisotopic (exact) mass is 343 g/mol. The van der Waals surface area contributed by atoms with Crippen molar-refractivity contribution in [3.63, 3.8) is 0 Å². The Morgan fingerprint density at radius 3 is 2.92 bits per heavy atom. The molecule has 1 aliphatic rings. The molecule has 128 valence electrons. The summed E-state index contributed by atoms with van der Waals surface area (Å²) >= 11 is 1.95. The van der Waals surface area contributed by atoms with Gasteiger partial charge in [-0.15, -0.1) is 11.8 Å². The fraction of sp³-hybridized carbons (Fsp3) is 0.421. The second kappa shape index (κ2) is 8.83. The topological polar surface area (TPSA) is 40.8 Å². The Balaban J connectivity index is 1.52. The van der Waals surface area contributed by atoms with Crippen LogP contribution in [0, 0.1) is 5.92 Å². The lowest BCUT2D eigenvalue weighted by Gasteiger charge is -2.21. The molecule has 5 heteroatoms. The van der Waals surface area contributed by atoms with Crippen LogP contribution in [0.1, 0.15) is 19.1 Å². The molecule has 0 saturated carbocycles. The van der Waals surface area contributed by atoms with E-state index >= 15 is 0 Å². The maximum Gasteiger partial charge on any atom is 0.194 e. The van der Waals surface area contributed by atoms with Crippen LogP contribution in [-0.4, -0.2) is 36.2 Å². The highest BCUT2D eigenvalue weighted by Crippen LogP contribution is 2.25. The Hall–Kier alpha value is -1.88. The van der Waals surface area contributed by atoms with E-state index in [1.54, 1.807) is 6.26 Å². The van der Waals surface area contributed by atoms with Crippen molar-refractivity contribution in [3.8, 4) is 0 Å². The first-order valence-electron chi connectivity index (χ1n) is 8.58. The van der Waals surface area contributed by atoms with Crippen LogP contribution in [0.15, 0.2) is 63.0 Å². The summed E-state index contributed by atoms with van der Waals surface area (Å²) in [4.78, 5) is 8.46. The van der Waals surface area contributed by atoms with Crippen LogP contribution in [-0.2, 0) is 6.54 Å². The van der Waals surface area contributed by atoms with E-state index in [4.69, 9.17) is 9.41 Å². The minimum Gasteiger partial charge on any atom is -0.467 e. The van der Waals surface area contributed by atoms with E-state index in [2.05, 4.69) is 47.5 Å². The largest absolute Gasteiger partial charge is 0.467 e. The average Bonchev–Trinajstić information content (AvgIpc) is 3.29. The van der Waals surface area contributed by atoms with Crippen LogP contribution < -0.4 is 5.32 Å². The van der Waals surface area contributed by atoms with E-state index < -0.39 is 0 Å². The van der Waals surface area contributed by atoms with Crippen LogP contribution in [0.3, 0.4) is 0 Å². The number of guanidine groups is 1. The van der Waals surface area contributed by atoms with Gasteiger partial charge in [-0.05, 0) is 43.5 Å². The number of likely N-dealkylation sites (tertiary alicyclic amines) is 1. The molecular formula is C19H25N3OS. The van der Waals surface area contributed by atoms with Gasteiger partial charge in [-0.3, -0.25) is 0 Å². The van der Waals surface area contributed by atoms with Crippen LogP contribution >= 0.6 is 11.8 Å². The van der Waals surface area contributed by atoms with Crippen molar-refractivity contribution >= 4 is 17.7 Å². The predicted molar refractivity (Wildman–Crippen MR) is 100 cm³/mol. The average molecular weight is 343 g/mol. The molecule has 1 unspecified atom stereocenters. The number of nitrogens with zero attached hydrogens (tertiary/aromatic N) is 2. The molecule has 1 saturated heterocycles. The molecular weight excluding hydrogens is 318 g/mol. The van der Waals surface area contributed by atoms with Crippen LogP contribution in [0.2, 0.25) is 0 Å². The Labute approximate surface area is 148 Å². The highest BCUT2D eigenvalue weighted by atomic mass is 32.2. The van der Waals surface area contributed by atoms with Gasteiger partial charge in [0.1, 0.15) is 12.3 Å². The smallest absolute Gasteiger partial charge is 0.194 e. The number of furan rings is 1. The van der Waals surface area contributed by atoms with Crippen molar-refractivity contribution in [2.75, 3.05) is 25.4 Å². The van der Waals surface area contributed by atoms with Crippen LogP contribution in [0.4, 0.5) is 0 Å². The molecule has 1 N–H and O–H groups in total. The molecule has 0 spiro atoms. The molecule has 3 rings (SSSR count). The Kier molecular flexibility index (Phi) is 6.24. The van der Waals surface area contributed by atoms with Crippen molar-refractivity contribution in [1.29, 1.82) is 0 Å². The summed E-state index contributed by atoms with van der Waals surface area (Å²) in [5.41, 5.74) is 0. The molecule has 24 heavy (non-hydrogen) atoms. The molecule has 1 aromatic carbocycles. The zero-order valence-electron chi connectivity index (χ0n) is 14.1. The maximum atomic E-state index is 5.38. The molecule has 0 radical (unpaired) electrons. The van der Waals surface area contributed by atoms with Crippen molar-refractivity contribution in [2.45, 2.75) is 24.8 Å². The van der Waals surface area contributed by atoms with Crippen molar-refractivity contribution in [2.24, 2.45) is 10.9 Å². The molecule has 1 fully saturated rings. The van der Waals surface area contributed by atoms with Crippen LogP contribution in [0.5, 0.6) is 0 Å². The number of nitrogens with one attached hydrogen (secondary N) is 1. The molecule has 2 heterocycles. The summed E-state index contributed by atoms with van der Waals surface area (Å²) in [5.74, 6) is 3.78. The van der Waals surface area contributed by atoms with Gasteiger partial charge < -0.3 is 14.6 Å². The first-order valence-corrected chi connectivity index (χ1v) is 9.57. The molecule has 4 nitrogen and oxygen atoms in total. The molecule has 2 aromatic rings. The molecule has 1 aromatic heterocycles. The first-order chi connectivity index (χ1) is 11.8. The van der Waals surface area contributed by atoms with Crippen molar-refractivity contribution < 1.29 is 4.42 Å². The third-order valence-corrected chi connectivity index (χ3v) is 5.36. The fourth-order valence-corrected chi connectivity index (χ4v) is 3.92. The van der Waals surface area contributed by atoms with Crippen LogP contribution in [0.25, 0.3) is 0 Å². The molecule has 1 aliphatic heterocycles. The summed E-state index contributed by atoms with van der Waals surface area (Å²) in [6.07, 6.45) is 2.93. The van der Waals surface area contributed by atoms with Gasteiger partial charge in [0, 0.05) is 30.3 Å². The lowest BCUT2D eigenvalue weighted by Crippen LogP contribution is -2.40. The van der Waals surface area contributed by atoms with Crippen molar-refractivity contribution in [3.05, 3.63) is 54.5 Å². The fourth-order valence-electron chi connectivity index (χ4n) is 2.87. The highest BCUT2D eigenvalue weighted by molar-refractivity contribution is 7.99. The molecule has 0 bridgehead atoms. The first kappa shape index (κ1) is 17.0. The number of benzene rings is 1. The van der Waals surface area contributed by atoms with Crippen molar-refractivity contribution in [1.82, 2.24) is 10.2 Å². The van der Waals surface area contributed by atoms with Gasteiger partial charge in [0.25, 0.3) is 0 Å². The summed E-state index contributed by atoms with van der Waals surface area (Å²) in [5, 5.41) is 3.41. The summed E-state index contributed by atoms with van der Waals surface area (Å²) < 4.78 is 5.38.